The molecule has 1 aromatic carbocycles. The maximum atomic E-state index is 12.5. The molecule has 2 amide bonds. The Kier molecular flexibility index (Phi) is 3.66. The molecule has 0 bridgehead atoms. The van der Waals surface area contributed by atoms with Crippen LogP contribution in [0.4, 0.5) is 5.69 Å². The fraction of sp³-hybridized carbons (Fsp3) is 0.467. The lowest BCUT2D eigenvalue weighted by Crippen LogP contribution is -2.48. The van der Waals surface area contributed by atoms with Crippen molar-refractivity contribution in [2.75, 3.05) is 11.1 Å². The normalized spacial score (nSPS) is 27.9. The lowest BCUT2D eigenvalue weighted by Gasteiger charge is -2.29. The minimum Gasteiger partial charge on any atom is -0.324 e. The van der Waals surface area contributed by atoms with Crippen LogP contribution in [-0.4, -0.2) is 33.4 Å². The summed E-state index contributed by atoms with van der Waals surface area (Å²) in [5.74, 6) is 0.583. The van der Waals surface area contributed by atoms with E-state index >= 15 is 0 Å². The SMILES string of the molecule is Cc1ccc(NC(=O)[C@H]2CS[C@@]3(C)CCC(=O)N23)cc1Cl. The number of hydrogen-bond acceptors (Lipinski definition) is 3. The molecular weight excluding hydrogens is 308 g/mol. The molecule has 21 heavy (non-hydrogen) atoms. The number of carbonyl (C=O) groups excluding carboxylic acids is 2. The second-order valence-electron chi connectivity index (χ2n) is 5.72. The van der Waals surface area contributed by atoms with E-state index in [9.17, 15) is 9.59 Å². The molecule has 0 radical (unpaired) electrons. The highest BCUT2D eigenvalue weighted by Crippen LogP contribution is 2.47. The third-order valence-electron chi connectivity index (χ3n) is 4.19. The molecule has 0 saturated carbocycles. The topological polar surface area (TPSA) is 49.4 Å². The minimum atomic E-state index is -0.393. The van der Waals surface area contributed by atoms with Crippen LogP contribution in [0.2, 0.25) is 5.02 Å². The highest BCUT2D eigenvalue weighted by atomic mass is 35.5. The van der Waals surface area contributed by atoms with Crippen molar-refractivity contribution in [1.82, 2.24) is 4.90 Å². The van der Waals surface area contributed by atoms with Crippen LogP contribution in [0.25, 0.3) is 0 Å². The van der Waals surface area contributed by atoms with Crippen LogP contribution in [0.5, 0.6) is 0 Å². The van der Waals surface area contributed by atoms with Gasteiger partial charge < -0.3 is 10.2 Å². The van der Waals surface area contributed by atoms with Gasteiger partial charge in [0.2, 0.25) is 11.8 Å². The van der Waals surface area contributed by atoms with Gasteiger partial charge in [0.1, 0.15) is 6.04 Å². The summed E-state index contributed by atoms with van der Waals surface area (Å²) in [6.07, 6.45) is 1.35. The molecule has 0 aliphatic carbocycles. The molecule has 2 saturated heterocycles. The Hall–Kier alpha value is -1.20. The minimum absolute atomic E-state index is 0.0737. The summed E-state index contributed by atoms with van der Waals surface area (Å²) in [5.41, 5.74) is 1.63. The Bertz CT molecular complexity index is 622. The molecule has 2 fully saturated rings. The number of fused-ring (bicyclic) bond motifs is 1. The monoisotopic (exact) mass is 324 g/mol. The highest BCUT2D eigenvalue weighted by molar-refractivity contribution is 8.01. The van der Waals surface area contributed by atoms with Crippen molar-refractivity contribution in [1.29, 1.82) is 0 Å². The third kappa shape index (κ3) is 2.53. The van der Waals surface area contributed by atoms with Crippen LogP contribution in [-0.2, 0) is 9.59 Å². The average molecular weight is 325 g/mol. The number of aryl methyl sites for hydroxylation is 1. The summed E-state index contributed by atoms with van der Waals surface area (Å²) < 4.78 is 0. The largest absolute Gasteiger partial charge is 0.324 e. The van der Waals surface area contributed by atoms with Gasteiger partial charge in [-0.25, -0.2) is 0 Å². The fourth-order valence-electron chi connectivity index (χ4n) is 2.91. The van der Waals surface area contributed by atoms with E-state index in [0.717, 1.165) is 12.0 Å². The van der Waals surface area contributed by atoms with Crippen molar-refractivity contribution in [2.45, 2.75) is 37.6 Å². The van der Waals surface area contributed by atoms with E-state index in [0.29, 0.717) is 22.9 Å². The van der Waals surface area contributed by atoms with Crippen LogP contribution < -0.4 is 5.32 Å². The number of nitrogens with zero attached hydrogens (tertiary/aromatic N) is 1. The second-order valence-corrected chi connectivity index (χ2v) is 7.63. The van der Waals surface area contributed by atoms with Crippen LogP contribution in [0.1, 0.15) is 25.3 Å². The molecule has 4 nitrogen and oxygen atoms in total. The van der Waals surface area contributed by atoms with Crippen LogP contribution >= 0.6 is 23.4 Å². The number of carbonyl (C=O) groups is 2. The zero-order chi connectivity index (χ0) is 15.2. The summed E-state index contributed by atoms with van der Waals surface area (Å²) in [5, 5.41) is 3.49. The Morgan fingerprint density at radius 3 is 3.00 bits per heavy atom. The van der Waals surface area contributed by atoms with Crippen LogP contribution in [0, 0.1) is 6.92 Å². The van der Waals surface area contributed by atoms with E-state index in [4.69, 9.17) is 11.6 Å². The van der Waals surface area contributed by atoms with Gasteiger partial charge in [-0.05, 0) is 38.0 Å². The van der Waals surface area contributed by atoms with Gasteiger partial charge in [0.25, 0.3) is 0 Å². The average Bonchev–Trinajstić information content (AvgIpc) is 2.91. The molecule has 1 N–H and O–H groups in total. The molecule has 2 atom stereocenters. The first-order valence-corrected chi connectivity index (χ1v) is 8.30. The number of anilines is 1. The van der Waals surface area contributed by atoms with Gasteiger partial charge in [-0.3, -0.25) is 9.59 Å². The van der Waals surface area contributed by atoms with Gasteiger partial charge in [-0.1, -0.05) is 17.7 Å². The van der Waals surface area contributed by atoms with Crippen LogP contribution in [0.15, 0.2) is 18.2 Å². The lowest BCUT2D eigenvalue weighted by atomic mass is 10.2. The van der Waals surface area contributed by atoms with Gasteiger partial charge in [0, 0.05) is 22.9 Å². The fourth-order valence-corrected chi connectivity index (χ4v) is 4.52. The molecule has 112 valence electrons. The van der Waals surface area contributed by atoms with Crippen molar-refractivity contribution in [3.8, 4) is 0 Å². The number of amides is 2. The second kappa shape index (κ2) is 5.21. The van der Waals surface area contributed by atoms with Crippen molar-refractivity contribution < 1.29 is 9.59 Å². The zero-order valence-corrected chi connectivity index (χ0v) is 13.6. The highest BCUT2D eigenvalue weighted by Gasteiger charge is 2.52. The number of thioether (sulfide) groups is 1. The molecule has 0 aromatic heterocycles. The van der Waals surface area contributed by atoms with Gasteiger partial charge >= 0.3 is 0 Å². The first-order valence-electron chi connectivity index (χ1n) is 6.94. The molecule has 0 spiro atoms. The Labute approximate surface area is 133 Å². The first-order chi connectivity index (χ1) is 9.90. The summed E-state index contributed by atoms with van der Waals surface area (Å²) in [4.78, 5) is 26.1. The van der Waals surface area contributed by atoms with Crippen LogP contribution in [0.3, 0.4) is 0 Å². The molecule has 2 aliphatic heterocycles. The maximum absolute atomic E-state index is 12.5. The predicted molar refractivity (Wildman–Crippen MR) is 85.5 cm³/mol. The van der Waals surface area contributed by atoms with Gasteiger partial charge in [0.05, 0.1) is 4.87 Å². The molecule has 0 unspecified atom stereocenters. The summed E-state index contributed by atoms with van der Waals surface area (Å²) in [6.45, 7) is 3.95. The quantitative estimate of drug-likeness (QED) is 0.909. The van der Waals surface area contributed by atoms with Gasteiger partial charge in [0.15, 0.2) is 0 Å². The summed E-state index contributed by atoms with van der Waals surface area (Å²) in [7, 11) is 0. The maximum Gasteiger partial charge on any atom is 0.248 e. The Balaban J connectivity index is 1.77. The number of rotatable bonds is 2. The standard InChI is InChI=1S/C15H17ClN2O2S/c1-9-3-4-10(7-11(9)16)17-14(20)12-8-21-15(2)6-5-13(19)18(12)15/h3-4,7,12H,5-6,8H2,1-2H3,(H,17,20)/t12-,15+/m1/s1. The number of halogens is 1. The number of hydrogen-bond donors (Lipinski definition) is 1. The molecule has 1 aromatic rings. The van der Waals surface area contributed by atoms with Crippen molar-refractivity contribution in [3.63, 3.8) is 0 Å². The zero-order valence-electron chi connectivity index (χ0n) is 12.0. The Morgan fingerprint density at radius 2 is 2.29 bits per heavy atom. The van der Waals surface area contributed by atoms with E-state index < -0.39 is 6.04 Å². The summed E-state index contributed by atoms with van der Waals surface area (Å²) >= 11 is 7.76. The third-order valence-corrected chi connectivity index (χ3v) is 6.10. The molecular formula is C15H17ClN2O2S. The van der Waals surface area contributed by atoms with E-state index in [1.54, 1.807) is 22.7 Å². The van der Waals surface area contributed by atoms with E-state index in [-0.39, 0.29) is 16.7 Å². The van der Waals surface area contributed by atoms with Crippen molar-refractivity contribution in [3.05, 3.63) is 28.8 Å². The molecule has 2 aliphatic rings. The van der Waals surface area contributed by atoms with Crippen molar-refractivity contribution in [2.24, 2.45) is 0 Å². The predicted octanol–water partition coefficient (Wildman–Crippen LogP) is 3.04. The molecule has 6 heteroatoms. The van der Waals surface area contributed by atoms with E-state index in [1.807, 2.05) is 26.0 Å². The van der Waals surface area contributed by atoms with Crippen molar-refractivity contribution >= 4 is 40.9 Å². The van der Waals surface area contributed by atoms with Gasteiger partial charge in [-0.2, -0.15) is 0 Å². The first kappa shape index (κ1) is 14.7. The number of benzene rings is 1. The lowest BCUT2D eigenvalue weighted by molar-refractivity contribution is -0.135. The van der Waals surface area contributed by atoms with Gasteiger partial charge in [-0.15, -0.1) is 11.8 Å². The van der Waals surface area contributed by atoms with E-state index in [1.165, 1.54) is 0 Å². The smallest absolute Gasteiger partial charge is 0.248 e. The molecule has 3 rings (SSSR count). The summed E-state index contributed by atoms with van der Waals surface area (Å²) in [6, 6.07) is 5.04. The number of nitrogens with one attached hydrogen (secondary N) is 1. The Morgan fingerprint density at radius 1 is 1.52 bits per heavy atom. The molecule has 2 heterocycles. The van der Waals surface area contributed by atoms with E-state index in [2.05, 4.69) is 5.32 Å².